The topological polar surface area (TPSA) is 77.5 Å². The molecule has 0 bridgehead atoms. The van der Waals surface area contributed by atoms with Crippen LogP contribution in [0, 0.1) is 5.92 Å². The maximum absolute atomic E-state index is 12.3. The molecule has 0 amide bonds. The highest BCUT2D eigenvalue weighted by Crippen LogP contribution is 2.47. The summed E-state index contributed by atoms with van der Waals surface area (Å²) in [5, 5.41) is 10.1. The second-order valence-corrected chi connectivity index (χ2v) is 7.08. The number of hydrogen-bond donors (Lipinski definition) is 1. The van der Waals surface area contributed by atoms with Crippen molar-refractivity contribution in [3.63, 3.8) is 0 Å². The lowest BCUT2D eigenvalue weighted by molar-refractivity contribution is -0.143. The minimum Gasteiger partial charge on any atom is -0.493 e. The highest BCUT2D eigenvalue weighted by Gasteiger charge is 2.46. The van der Waals surface area contributed by atoms with Crippen LogP contribution in [0.2, 0.25) is 0 Å². The van der Waals surface area contributed by atoms with E-state index in [0.29, 0.717) is 29.5 Å². The summed E-state index contributed by atoms with van der Waals surface area (Å²) in [6.45, 7) is 0.815. The standard InChI is InChI=1S/C21H23NO6/c1-22-10-14(12-4-7-16-18(8-12)28-11-27-16)19(21(23)24)20(22)13-5-6-15(25-2)17(9-13)26-3/h4-9,14,19-20H,10-11H2,1-3H3,(H,23,24). The molecule has 2 aromatic carbocycles. The average molecular weight is 385 g/mol. The zero-order valence-electron chi connectivity index (χ0n) is 16.0. The summed E-state index contributed by atoms with van der Waals surface area (Å²) >= 11 is 0. The monoisotopic (exact) mass is 385 g/mol. The first-order valence-corrected chi connectivity index (χ1v) is 9.08. The summed E-state index contributed by atoms with van der Waals surface area (Å²) in [5.74, 6) is 0.956. The van der Waals surface area contributed by atoms with Crippen LogP contribution in [-0.4, -0.2) is 50.6 Å². The second-order valence-electron chi connectivity index (χ2n) is 7.08. The molecule has 3 unspecified atom stereocenters. The Morgan fingerprint density at radius 2 is 1.75 bits per heavy atom. The fourth-order valence-corrected chi connectivity index (χ4v) is 4.29. The van der Waals surface area contributed by atoms with E-state index in [1.54, 1.807) is 14.2 Å². The minimum absolute atomic E-state index is 0.171. The quantitative estimate of drug-likeness (QED) is 0.848. The van der Waals surface area contributed by atoms with E-state index in [2.05, 4.69) is 4.90 Å². The molecule has 2 aliphatic rings. The van der Waals surface area contributed by atoms with Crippen LogP contribution >= 0.6 is 0 Å². The molecule has 2 aromatic rings. The highest BCUT2D eigenvalue weighted by molar-refractivity contribution is 5.74. The van der Waals surface area contributed by atoms with Gasteiger partial charge in [0.2, 0.25) is 6.79 Å². The molecular weight excluding hydrogens is 362 g/mol. The predicted molar refractivity (Wildman–Crippen MR) is 101 cm³/mol. The molecule has 0 aliphatic carbocycles. The number of aliphatic carboxylic acids is 1. The molecule has 2 aliphatic heterocycles. The number of carbonyl (C=O) groups is 1. The first-order chi connectivity index (χ1) is 13.5. The Hall–Kier alpha value is -2.93. The van der Waals surface area contributed by atoms with Crippen molar-refractivity contribution in [3.05, 3.63) is 47.5 Å². The van der Waals surface area contributed by atoms with Crippen LogP contribution in [0.1, 0.15) is 23.1 Å². The lowest BCUT2D eigenvalue weighted by atomic mass is 9.82. The van der Waals surface area contributed by atoms with Gasteiger partial charge < -0.3 is 24.1 Å². The Morgan fingerprint density at radius 1 is 1.04 bits per heavy atom. The van der Waals surface area contributed by atoms with Crippen molar-refractivity contribution < 1.29 is 28.8 Å². The van der Waals surface area contributed by atoms with E-state index in [9.17, 15) is 9.90 Å². The third-order valence-electron chi connectivity index (χ3n) is 5.59. The van der Waals surface area contributed by atoms with Crippen molar-refractivity contribution in [1.82, 2.24) is 4.90 Å². The van der Waals surface area contributed by atoms with Crippen molar-refractivity contribution in [2.45, 2.75) is 12.0 Å². The molecule has 148 valence electrons. The zero-order chi connectivity index (χ0) is 19.8. The molecule has 0 aromatic heterocycles. The third kappa shape index (κ3) is 3.01. The molecule has 7 heteroatoms. The molecule has 1 saturated heterocycles. The smallest absolute Gasteiger partial charge is 0.309 e. The Morgan fingerprint density at radius 3 is 2.46 bits per heavy atom. The fraction of sp³-hybridized carbons (Fsp3) is 0.381. The van der Waals surface area contributed by atoms with Gasteiger partial charge in [0, 0.05) is 18.5 Å². The number of nitrogens with zero attached hydrogens (tertiary/aromatic N) is 1. The lowest BCUT2D eigenvalue weighted by Crippen LogP contribution is -2.26. The summed E-state index contributed by atoms with van der Waals surface area (Å²) < 4.78 is 21.6. The Kier molecular flexibility index (Phi) is 4.77. The van der Waals surface area contributed by atoms with Gasteiger partial charge in [-0.15, -0.1) is 0 Å². The van der Waals surface area contributed by atoms with E-state index >= 15 is 0 Å². The Bertz CT molecular complexity index is 898. The number of hydrogen-bond acceptors (Lipinski definition) is 6. The summed E-state index contributed by atoms with van der Waals surface area (Å²) in [4.78, 5) is 14.4. The summed E-state index contributed by atoms with van der Waals surface area (Å²) in [6, 6.07) is 11.0. The van der Waals surface area contributed by atoms with Gasteiger partial charge in [0.15, 0.2) is 23.0 Å². The van der Waals surface area contributed by atoms with E-state index in [1.807, 2.05) is 43.4 Å². The van der Waals surface area contributed by atoms with Gasteiger partial charge in [-0.2, -0.15) is 0 Å². The number of benzene rings is 2. The average Bonchev–Trinajstić information content (AvgIpc) is 3.30. The van der Waals surface area contributed by atoms with E-state index < -0.39 is 11.9 Å². The van der Waals surface area contributed by atoms with Gasteiger partial charge in [-0.05, 0) is 42.4 Å². The molecular formula is C21H23NO6. The van der Waals surface area contributed by atoms with Crippen LogP contribution in [-0.2, 0) is 4.79 Å². The van der Waals surface area contributed by atoms with Crippen molar-refractivity contribution in [2.24, 2.45) is 5.92 Å². The van der Waals surface area contributed by atoms with Crippen LogP contribution in [0.4, 0.5) is 0 Å². The first kappa shape index (κ1) is 18.4. The van der Waals surface area contributed by atoms with Gasteiger partial charge in [-0.1, -0.05) is 12.1 Å². The molecule has 1 N–H and O–H groups in total. The molecule has 0 saturated carbocycles. The van der Waals surface area contributed by atoms with Gasteiger partial charge >= 0.3 is 5.97 Å². The number of likely N-dealkylation sites (N-methyl/N-ethyl adjacent to an activating group) is 1. The number of likely N-dealkylation sites (tertiary alicyclic amines) is 1. The maximum atomic E-state index is 12.3. The van der Waals surface area contributed by atoms with Crippen molar-refractivity contribution in [2.75, 3.05) is 34.6 Å². The van der Waals surface area contributed by atoms with Gasteiger partial charge in [-0.3, -0.25) is 9.69 Å². The first-order valence-electron chi connectivity index (χ1n) is 9.08. The van der Waals surface area contributed by atoms with Gasteiger partial charge in [0.25, 0.3) is 0 Å². The molecule has 0 spiro atoms. The van der Waals surface area contributed by atoms with E-state index in [-0.39, 0.29) is 18.8 Å². The largest absolute Gasteiger partial charge is 0.493 e. The number of carboxylic acids is 1. The van der Waals surface area contributed by atoms with Crippen molar-refractivity contribution >= 4 is 5.97 Å². The van der Waals surface area contributed by atoms with Crippen LogP contribution in [0.15, 0.2) is 36.4 Å². The normalized spacial score (nSPS) is 23.6. The van der Waals surface area contributed by atoms with Gasteiger partial charge in [0.05, 0.1) is 20.1 Å². The van der Waals surface area contributed by atoms with Crippen LogP contribution < -0.4 is 18.9 Å². The Balaban J connectivity index is 1.72. The molecule has 3 atom stereocenters. The van der Waals surface area contributed by atoms with Crippen LogP contribution in [0.25, 0.3) is 0 Å². The predicted octanol–water partition coefficient (Wildman–Crippen LogP) is 2.90. The molecule has 2 heterocycles. The maximum Gasteiger partial charge on any atom is 0.309 e. The number of ether oxygens (including phenoxy) is 4. The minimum atomic E-state index is -0.827. The van der Waals surface area contributed by atoms with Crippen molar-refractivity contribution in [1.29, 1.82) is 0 Å². The lowest BCUT2D eigenvalue weighted by Gasteiger charge is -2.25. The molecule has 1 fully saturated rings. The fourth-order valence-electron chi connectivity index (χ4n) is 4.29. The highest BCUT2D eigenvalue weighted by atomic mass is 16.7. The zero-order valence-corrected chi connectivity index (χ0v) is 16.0. The molecule has 0 radical (unpaired) electrons. The van der Waals surface area contributed by atoms with E-state index in [1.165, 1.54) is 0 Å². The van der Waals surface area contributed by atoms with E-state index in [4.69, 9.17) is 18.9 Å². The second kappa shape index (κ2) is 7.24. The number of fused-ring (bicyclic) bond motifs is 1. The summed E-state index contributed by atoms with van der Waals surface area (Å²) in [6.07, 6.45) is 0. The third-order valence-corrected chi connectivity index (χ3v) is 5.59. The summed E-state index contributed by atoms with van der Waals surface area (Å²) in [7, 11) is 5.10. The molecule has 7 nitrogen and oxygen atoms in total. The van der Waals surface area contributed by atoms with Crippen LogP contribution in [0.5, 0.6) is 23.0 Å². The van der Waals surface area contributed by atoms with Crippen molar-refractivity contribution in [3.8, 4) is 23.0 Å². The summed E-state index contributed by atoms with van der Waals surface area (Å²) in [5.41, 5.74) is 1.82. The van der Waals surface area contributed by atoms with Gasteiger partial charge in [-0.25, -0.2) is 0 Å². The Labute approximate surface area is 163 Å². The number of carboxylic acid groups (broad SMARTS) is 1. The SMILES string of the molecule is COc1ccc(C2C(C(=O)O)C(c3ccc4c(c3)OCO4)CN2C)cc1OC. The number of methoxy groups -OCH3 is 2. The molecule has 28 heavy (non-hydrogen) atoms. The van der Waals surface area contributed by atoms with E-state index in [0.717, 1.165) is 11.1 Å². The van der Waals surface area contributed by atoms with Gasteiger partial charge in [0.1, 0.15) is 0 Å². The number of rotatable bonds is 5. The molecule has 4 rings (SSSR count). The van der Waals surface area contributed by atoms with Crippen LogP contribution in [0.3, 0.4) is 0 Å².